The second-order valence-corrected chi connectivity index (χ2v) is 2.89. The van der Waals surface area contributed by atoms with E-state index in [-0.39, 0.29) is 12.9 Å². The molecule has 82 valence electrons. The zero-order valence-electron chi connectivity index (χ0n) is 8.00. The van der Waals surface area contributed by atoms with Crippen LogP contribution in [0.2, 0.25) is 0 Å². The summed E-state index contributed by atoms with van der Waals surface area (Å²) in [6.07, 6.45) is 0. The molecule has 0 aromatic carbocycles. The Labute approximate surface area is 82.7 Å². The largest absolute Gasteiger partial charge is 0.483 e. The van der Waals surface area contributed by atoms with Crippen molar-refractivity contribution in [3.63, 3.8) is 0 Å². The maximum Gasteiger partial charge on any atom is 0.290 e. The average molecular weight is 204 g/mol. The number of hydrogen-bond donors (Lipinski definition) is 2. The van der Waals surface area contributed by atoms with Crippen molar-refractivity contribution in [3.05, 3.63) is 0 Å². The molecule has 6 nitrogen and oxygen atoms in total. The molecular formula is C8H16N2O4. The van der Waals surface area contributed by atoms with E-state index in [1.165, 1.54) is 39.3 Å². The summed E-state index contributed by atoms with van der Waals surface area (Å²) >= 11 is 0. The normalized spacial score (nSPS) is 27.4. The van der Waals surface area contributed by atoms with E-state index in [1.807, 2.05) is 0 Å². The summed E-state index contributed by atoms with van der Waals surface area (Å²) in [7, 11) is 0. The van der Waals surface area contributed by atoms with Crippen LogP contribution in [0.5, 0.6) is 0 Å². The molecule has 0 unspecified atom stereocenters. The number of rotatable bonds is 0. The molecule has 3 heterocycles. The van der Waals surface area contributed by atoms with Gasteiger partial charge in [0.25, 0.3) is 12.9 Å². The number of nitrogens with zero attached hydrogens (tertiary/aromatic N) is 2. The van der Waals surface area contributed by atoms with Crippen LogP contribution >= 0.6 is 0 Å². The summed E-state index contributed by atoms with van der Waals surface area (Å²) in [6.45, 7) is 7.42. The lowest BCUT2D eigenvalue weighted by atomic mass is 10.2. The van der Waals surface area contributed by atoms with E-state index in [0.717, 1.165) is 0 Å². The number of hydrogen-bond acceptors (Lipinski definition) is 4. The lowest BCUT2D eigenvalue weighted by Crippen LogP contribution is -2.55. The summed E-state index contributed by atoms with van der Waals surface area (Å²) in [4.78, 5) is 21.8. The van der Waals surface area contributed by atoms with Crippen LogP contribution in [-0.2, 0) is 9.59 Å². The second kappa shape index (κ2) is 8.46. The van der Waals surface area contributed by atoms with Crippen LogP contribution in [0.25, 0.3) is 0 Å². The van der Waals surface area contributed by atoms with E-state index in [0.29, 0.717) is 0 Å². The molecule has 0 spiro atoms. The van der Waals surface area contributed by atoms with E-state index < -0.39 is 0 Å². The van der Waals surface area contributed by atoms with Crippen LogP contribution in [0.4, 0.5) is 0 Å². The van der Waals surface area contributed by atoms with Crippen molar-refractivity contribution in [1.82, 2.24) is 9.80 Å². The first-order valence-electron chi connectivity index (χ1n) is 4.39. The molecule has 0 radical (unpaired) electrons. The van der Waals surface area contributed by atoms with Gasteiger partial charge in [-0.05, 0) is 0 Å². The van der Waals surface area contributed by atoms with Crippen molar-refractivity contribution >= 4 is 12.9 Å². The van der Waals surface area contributed by atoms with Gasteiger partial charge in [-0.15, -0.1) is 0 Å². The Hall–Kier alpha value is -1.14. The van der Waals surface area contributed by atoms with Gasteiger partial charge >= 0.3 is 0 Å². The molecule has 0 aromatic heterocycles. The Morgan fingerprint density at radius 3 is 0.929 bits per heavy atom. The van der Waals surface area contributed by atoms with Gasteiger partial charge in [-0.3, -0.25) is 19.4 Å². The molecular weight excluding hydrogens is 188 g/mol. The Balaban J connectivity index is 0.000000242. The van der Waals surface area contributed by atoms with Crippen molar-refractivity contribution in [2.45, 2.75) is 0 Å². The maximum atomic E-state index is 8.36. The predicted molar refractivity (Wildman–Crippen MR) is 50.3 cm³/mol. The minimum Gasteiger partial charge on any atom is -0.483 e. The first-order chi connectivity index (χ1) is 6.78. The molecule has 6 heteroatoms. The SMILES string of the molecule is C1CN2CCN1CC2.O=CO.O=CO. The van der Waals surface area contributed by atoms with Crippen molar-refractivity contribution < 1.29 is 19.8 Å². The molecule has 0 amide bonds. The molecule has 0 atom stereocenters. The molecule has 3 rings (SSSR count). The minimum absolute atomic E-state index is 0.250. The average Bonchev–Trinajstić information content (AvgIpc) is 2.23. The summed E-state index contributed by atoms with van der Waals surface area (Å²) in [5.74, 6) is 0. The standard InChI is InChI=1S/C6H12N2.2CH2O2/c1-2-8-5-3-7(1)4-6-8;2*2-1-3/h1-6H2;2*1H,(H,2,3). The van der Waals surface area contributed by atoms with Crippen LogP contribution in [0.1, 0.15) is 0 Å². The zero-order chi connectivity index (χ0) is 10.8. The fourth-order valence-corrected chi connectivity index (χ4v) is 1.52. The highest BCUT2D eigenvalue weighted by Gasteiger charge is 2.21. The lowest BCUT2D eigenvalue weighted by molar-refractivity contribution is -0.123. The molecule has 3 saturated heterocycles. The van der Waals surface area contributed by atoms with Crippen molar-refractivity contribution in [3.8, 4) is 0 Å². The van der Waals surface area contributed by atoms with Gasteiger partial charge in [0, 0.05) is 39.3 Å². The van der Waals surface area contributed by atoms with Gasteiger partial charge in [-0.25, -0.2) is 0 Å². The maximum absolute atomic E-state index is 8.36. The first kappa shape index (κ1) is 12.9. The molecule has 2 N–H and O–H groups in total. The molecule has 2 bridgehead atoms. The van der Waals surface area contributed by atoms with E-state index in [9.17, 15) is 0 Å². The Morgan fingerprint density at radius 2 is 0.857 bits per heavy atom. The first-order valence-corrected chi connectivity index (χ1v) is 4.39. The zero-order valence-corrected chi connectivity index (χ0v) is 8.00. The van der Waals surface area contributed by atoms with Crippen molar-refractivity contribution in [2.24, 2.45) is 0 Å². The fraction of sp³-hybridized carbons (Fsp3) is 0.750. The predicted octanol–water partition coefficient (Wildman–Crippen LogP) is -0.981. The lowest BCUT2D eigenvalue weighted by Gasteiger charge is -2.41. The van der Waals surface area contributed by atoms with Crippen LogP contribution in [0.3, 0.4) is 0 Å². The third-order valence-electron chi connectivity index (χ3n) is 2.20. The Kier molecular flexibility index (Phi) is 7.77. The highest BCUT2D eigenvalue weighted by molar-refractivity contribution is 5.33. The monoisotopic (exact) mass is 204 g/mol. The molecule has 0 aromatic rings. The van der Waals surface area contributed by atoms with E-state index in [4.69, 9.17) is 19.8 Å². The molecule has 14 heavy (non-hydrogen) atoms. The van der Waals surface area contributed by atoms with E-state index >= 15 is 0 Å². The van der Waals surface area contributed by atoms with Gasteiger partial charge in [-0.1, -0.05) is 0 Å². The summed E-state index contributed by atoms with van der Waals surface area (Å²) in [6, 6.07) is 0. The van der Waals surface area contributed by atoms with Crippen LogP contribution < -0.4 is 0 Å². The number of carboxylic acid groups (broad SMARTS) is 2. The minimum atomic E-state index is -0.250. The second-order valence-electron chi connectivity index (χ2n) is 2.89. The van der Waals surface area contributed by atoms with Crippen LogP contribution in [-0.4, -0.2) is 72.2 Å². The van der Waals surface area contributed by atoms with Gasteiger partial charge in [-0.2, -0.15) is 0 Å². The van der Waals surface area contributed by atoms with E-state index in [1.54, 1.807) is 0 Å². The van der Waals surface area contributed by atoms with Gasteiger partial charge in [0.2, 0.25) is 0 Å². The molecule has 0 saturated carbocycles. The number of carbonyl (C=O) groups is 2. The van der Waals surface area contributed by atoms with Crippen LogP contribution in [0.15, 0.2) is 0 Å². The summed E-state index contributed by atoms with van der Waals surface area (Å²) in [5.41, 5.74) is 0. The molecule has 3 aliphatic rings. The Bertz CT molecular complexity index is 128. The number of piperazine rings is 3. The molecule has 0 aliphatic carbocycles. The number of fused-ring (bicyclic) bond motifs is 3. The quantitative estimate of drug-likeness (QED) is 0.494. The topological polar surface area (TPSA) is 81.1 Å². The highest BCUT2D eigenvalue weighted by Crippen LogP contribution is 2.06. The molecule has 3 fully saturated rings. The smallest absolute Gasteiger partial charge is 0.290 e. The van der Waals surface area contributed by atoms with Gasteiger partial charge < -0.3 is 10.2 Å². The highest BCUT2D eigenvalue weighted by atomic mass is 16.3. The summed E-state index contributed by atoms with van der Waals surface area (Å²) < 4.78 is 0. The fourth-order valence-electron chi connectivity index (χ4n) is 1.52. The Morgan fingerprint density at radius 1 is 0.714 bits per heavy atom. The molecule has 3 aliphatic heterocycles. The van der Waals surface area contributed by atoms with Gasteiger partial charge in [0.05, 0.1) is 0 Å². The van der Waals surface area contributed by atoms with Crippen molar-refractivity contribution in [2.75, 3.05) is 39.3 Å². The van der Waals surface area contributed by atoms with Crippen molar-refractivity contribution in [1.29, 1.82) is 0 Å². The summed E-state index contributed by atoms with van der Waals surface area (Å²) in [5, 5.41) is 13.8. The third-order valence-corrected chi connectivity index (χ3v) is 2.20. The van der Waals surface area contributed by atoms with E-state index in [2.05, 4.69) is 9.80 Å². The van der Waals surface area contributed by atoms with Gasteiger partial charge in [0.15, 0.2) is 0 Å². The van der Waals surface area contributed by atoms with Gasteiger partial charge in [0.1, 0.15) is 0 Å². The third kappa shape index (κ3) is 5.50. The van der Waals surface area contributed by atoms with Crippen LogP contribution in [0, 0.1) is 0 Å².